The molecule has 4 rings (SSSR count). The minimum atomic E-state index is -1.01. The molecule has 1 unspecified atom stereocenters. The molecule has 0 radical (unpaired) electrons. The molecule has 34 heavy (non-hydrogen) atoms. The predicted molar refractivity (Wildman–Crippen MR) is 134 cm³/mol. The number of amides is 3. The van der Waals surface area contributed by atoms with E-state index in [0.29, 0.717) is 25.2 Å². The minimum absolute atomic E-state index is 0.103. The summed E-state index contributed by atoms with van der Waals surface area (Å²) in [6, 6.07) is 5.98. The molecule has 3 aliphatic rings. The Hall–Kier alpha value is -2.70. The highest BCUT2D eigenvalue weighted by atomic mass is 16.2. The van der Waals surface area contributed by atoms with Crippen molar-refractivity contribution in [2.45, 2.75) is 96.7 Å². The first-order valence-electron chi connectivity index (χ1n) is 12.9. The van der Waals surface area contributed by atoms with E-state index in [2.05, 4.69) is 29.8 Å². The Labute approximate surface area is 202 Å². The summed E-state index contributed by atoms with van der Waals surface area (Å²) in [5, 5.41) is 8.97. The molecule has 3 N–H and O–H groups in total. The van der Waals surface area contributed by atoms with Crippen LogP contribution in [0.15, 0.2) is 23.2 Å². The van der Waals surface area contributed by atoms with Crippen LogP contribution in [0.1, 0.15) is 89.2 Å². The lowest BCUT2D eigenvalue weighted by molar-refractivity contribution is -0.135. The molecular formula is C27H38N4O3. The molecule has 3 amide bonds. The molecule has 1 aliphatic heterocycles. The summed E-state index contributed by atoms with van der Waals surface area (Å²) in [5.74, 6) is -0.0447. The molecule has 2 fully saturated rings. The third kappa shape index (κ3) is 5.18. The molecule has 2 saturated carbocycles. The molecule has 1 atom stereocenters. The highest BCUT2D eigenvalue weighted by Gasteiger charge is 2.44. The van der Waals surface area contributed by atoms with Crippen molar-refractivity contribution in [2.75, 3.05) is 5.32 Å². The van der Waals surface area contributed by atoms with Gasteiger partial charge in [-0.1, -0.05) is 57.7 Å². The van der Waals surface area contributed by atoms with Crippen LogP contribution in [-0.2, 0) is 14.4 Å². The second kappa shape index (κ2) is 10.3. The van der Waals surface area contributed by atoms with Crippen molar-refractivity contribution >= 4 is 29.1 Å². The lowest BCUT2D eigenvalue weighted by Crippen LogP contribution is -2.60. The minimum Gasteiger partial charge on any atom is -0.342 e. The number of nitrogens with zero attached hydrogens (tertiary/aromatic N) is 1. The third-order valence-electron chi connectivity index (χ3n) is 7.54. The van der Waals surface area contributed by atoms with Gasteiger partial charge in [0.05, 0.1) is 11.4 Å². The number of benzene rings is 1. The van der Waals surface area contributed by atoms with Crippen LogP contribution in [0, 0.1) is 18.8 Å². The average Bonchev–Trinajstić information content (AvgIpc) is 3.47. The average molecular weight is 467 g/mol. The van der Waals surface area contributed by atoms with Crippen LogP contribution in [-0.4, -0.2) is 35.1 Å². The van der Waals surface area contributed by atoms with Crippen molar-refractivity contribution in [2.24, 2.45) is 16.8 Å². The number of para-hydroxylation sites is 1. The fourth-order valence-corrected chi connectivity index (χ4v) is 5.53. The van der Waals surface area contributed by atoms with E-state index >= 15 is 0 Å². The van der Waals surface area contributed by atoms with E-state index in [4.69, 9.17) is 4.99 Å². The van der Waals surface area contributed by atoms with Gasteiger partial charge < -0.3 is 16.0 Å². The zero-order valence-corrected chi connectivity index (χ0v) is 20.7. The first-order valence-corrected chi connectivity index (χ1v) is 12.9. The maximum absolute atomic E-state index is 13.6. The Morgan fingerprint density at radius 2 is 1.85 bits per heavy atom. The zero-order chi connectivity index (χ0) is 24.3. The summed E-state index contributed by atoms with van der Waals surface area (Å²) in [7, 11) is 0. The molecular weight excluding hydrogens is 428 g/mol. The van der Waals surface area contributed by atoms with E-state index in [0.717, 1.165) is 67.5 Å². The van der Waals surface area contributed by atoms with Crippen molar-refractivity contribution in [1.29, 1.82) is 0 Å². The molecule has 1 heterocycles. The van der Waals surface area contributed by atoms with E-state index in [1.54, 1.807) is 0 Å². The van der Waals surface area contributed by atoms with Crippen LogP contribution in [0.2, 0.25) is 0 Å². The summed E-state index contributed by atoms with van der Waals surface area (Å²) >= 11 is 0. The van der Waals surface area contributed by atoms with Crippen molar-refractivity contribution < 1.29 is 14.4 Å². The number of aliphatic imine (C=N–C) groups is 1. The number of anilines is 1. The van der Waals surface area contributed by atoms with Crippen LogP contribution in [0.5, 0.6) is 0 Å². The van der Waals surface area contributed by atoms with Gasteiger partial charge in [0.2, 0.25) is 18.0 Å². The summed E-state index contributed by atoms with van der Waals surface area (Å²) in [5.41, 5.74) is 2.66. The van der Waals surface area contributed by atoms with Crippen molar-refractivity contribution in [3.63, 3.8) is 0 Å². The molecule has 0 bridgehead atoms. The monoisotopic (exact) mass is 466 g/mol. The maximum atomic E-state index is 13.6. The van der Waals surface area contributed by atoms with Crippen LogP contribution in [0.4, 0.5) is 5.69 Å². The number of rotatable bonds is 7. The Morgan fingerprint density at radius 1 is 1.15 bits per heavy atom. The predicted octanol–water partition coefficient (Wildman–Crippen LogP) is 4.23. The second-order valence-electron chi connectivity index (χ2n) is 10.6. The summed E-state index contributed by atoms with van der Waals surface area (Å²) in [4.78, 5) is 44.3. The van der Waals surface area contributed by atoms with Gasteiger partial charge in [-0.3, -0.25) is 19.4 Å². The third-order valence-corrected chi connectivity index (χ3v) is 7.54. The number of benzodiazepines with no additional fused rings is 1. The van der Waals surface area contributed by atoms with E-state index in [9.17, 15) is 14.4 Å². The number of hydrogen-bond acceptors (Lipinski definition) is 4. The molecule has 1 aromatic carbocycles. The Balaban J connectivity index is 1.58. The lowest BCUT2D eigenvalue weighted by atomic mass is 9.92. The summed E-state index contributed by atoms with van der Waals surface area (Å²) < 4.78 is 0. The Bertz CT molecular complexity index is 972. The van der Waals surface area contributed by atoms with E-state index < -0.39 is 11.7 Å². The fourth-order valence-electron chi connectivity index (χ4n) is 5.53. The largest absolute Gasteiger partial charge is 0.342 e. The van der Waals surface area contributed by atoms with Gasteiger partial charge in [-0.2, -0.15) is 0 Å². The fraction of sp³-hybridized carbons (Fsp3) is 0.630. The van der Waals surface area contributed by atoms with E-state index in [-0.39, 0.29) is 23.6 Å². The van der Waals surface area contributed by atoms with E-state index in [1.165, 1.54) is 0 Å². The topological polar surface area (TPSA) is 99.7 Å². The van der Waals surface area contributed by atoms with Gasteiger partial charge in [0, 0.05) is 17.9 Å². The molecule has 184 valence electrons. The molecule has 2 aliphatic carbocycles. The van der Waals surface area contributed by atoms with E-state index in [1.807, 2.05) is 25.1 Å². The van der Waals surface area contributed by atoms with Crippen molar-refractivity contribution in [3.8, 4) is 0 Å². The molecule has 7 nitrogen and oxygen atoms in total. The number of aryl methyl sites for hydroxylation is 1. The number of fused-ring (bicyclic) bond motifs is 1. The smallest absolute Gasteiger partial charge is 0.269 e. The number of carbonyl (C=O) groups is 3. The standard InChI is InChI=1S/C27H38N4O3/c1-17(2)13-14-21(32)31-27(15-6-7-16-27)26(34)30-24-25(33)29-22-18(3)9-8-12-20(22)23(28-24)19-10-4-5-11-19/h8-9,12,17,19,24H,4-7,10-11,13-16H2,1-3H3,(H,29,33)(H,30,34)(H,31,32). The maximum Gasteiger partial charge on any atom is 0.269 e. The van der Waals surface area contributed by atoms with Crippen LogP contribution in [0.25, 0.3) is 0 Å². The Kier molecular flexibility index (Phi) is 7.39. The van der Waals surface area contributed by atoms with Gasteiger partial charge in [0.1, 0.15) is 5.54 Å². The molecule has 0 saturated heterocycles. The highest BCUT2D eigenvalue weighted by molar-refractivity contribution is 6.14. The highest BCUT2D eigenvalue weighted by Crippen LogP contribution is 2.35. The van der Waals surface area contributed by atoms with Crippen LogP contribution < -0.4 is 16.0 Å². The first kappa shape index (κ1) is 24.4. The number of hydrogen-bond donors (Lipinski definition) is 3. The SMILES string of the molecule is Cc1cccc2c1NC(=O)C(NC(=O)C1(NC(=O)CCC(C)C)CCCC1)N=C2C1CCCC1. The summed E-state index contributed by atoms with van der Waals surface area (Å²) in [6.07, 6.45) is 7.44. The second-order valence-corrected chi connectivity index (χ2v) is 10.6. The van der Waals surface area contributed by atoms with Gasteiger partial charge in [-0.05, 0) is 50.5 Å². The van der Waals surface area contributed by atoms with Crippen molar-refractivity contribution in [3.05, 3.63) is 29.3 Å². The normalized spacial score (nSPS) is 22.1. The lowest BCUT2D eigenvalue weighted by Gasteiger charge is -2.30. The van der Waals surface area contributed by atoms with Crippen LogP contribution >= 0.6 is 0 Å². The quantitative estimate of drug-likeness (QED) is 0.561. The van der Waals surface area contributed by atoms with Gasteiger partial charge in [0.25, 0.3) is 5.91 Å². The Morgan fingerprint density at radius 3 is 2.53 bits per heavy atom. The first-order chi connectivity index (χ1) is 16.3. The van der Waals surface area contributed by atoms with Crippen molar-refractivity contribution in [1.82, 2.24) is 10.6 Å². The number of nitrogens with one attached hydrogen (secondary N) is 3. The number of carbonyl (C=O) groups excluding carboxylic acids is 3. The van der Waals surface area contributed by atoms with Crippen LogP contribution in [0.3, 0.4) is 0 Å². The van der Waals surface area contributed by atoms with Gasteiger partial charge >= 0.3 is 0 Å². The molecule has 0 aromatic heterocycles. The zero-order valence-electron chi connectivity index (χ0n) is 20.7. The molecule has 0 spiro atoms. The van der Waals surface area contributed by atoms with Gasteiger partial charge in [-0.25, -0.2) is 0 Å². The van der Waals surface area contributed by atoms with Gasteiger partial charge in [-0.15, -0.1) is 0 Å². The van der Waals surface area contributed by atoms with Gasteiger partial charge in [0.15, 0.2) is 0 Å². The molecule has 1 aromatic rings. The summed E-state index contributed by atoms with van der Waals surface area (Å²) in [6.45, 7) is 6.13. The molecule has 7 heteroatoms.